The van der Waals surface area contributed by atoms with Gasteiger partial charge < -0.3 is 82.6 Å². The van der Waals surface area contributed by atoms with E-state index >= 15 is 0 Å². The number of aromatic nitrogens is 17. The summed E-state index contributed by atoms with van der Waals surface area (Å²) in [6, 6.07) is 21.5. The fourth-order valence-electron chi connectivity index (χ4n) is 9.87. The molecule has 14 rings (SSSR count). The van der Waals surface area contributed by atoms with E-state index in [1.54, 1.807) is 30.3 Å². The van der Waals surface area contributed by atoms with Crippen LogP contribution in [0.5, 0.6) is 23.0 Å². The molecule has 12 N–H and O–H groups in total. The second kappa shape index (κ2) is 32.7. The number of benzene rings is 4. The third kappa shape index (κ3) is 18.8. The lowest BCUT2D eigenvalue weighted by Crippen LogP contribution is -2.44. The Morgan fingerprint density at radius 2 is 1.01 bits per heavy atom. The summed E-state index contributed by atoms with van der Waals surface area (Å²) in [5.74, 6) is 3.61. The molecule has 2 aliphatic heterocycles. The molecule has 12 aromatic rings. The van der Waals surface area contributed by atoms with E-state index in [0.717, 1.165) is 102 Å². The number of para-hydroxylation sites is 2. The van der Waals surface area contributed by atoms with Gasteiger partial charge in [0, 0.05) is 109 Å². The number of likely N-dealkylation sites (N-methyl/N-ethyl adjacent to an activating group) is 1. The molecule has 0 radical (unpaired) electrons. The van der Waals surface area contributed by atoms with Gasteiger partial charge >= 0.3 is 18.5 Å². The lowest BCUT2D eigenvalue weighted by atomic mass is 10.2. The van der Waals surface area contributed by atoms with Crippen molar-refractivity contribution in [2.75, 3.05) is 142 Å². The van der Waals surface area contributed by atoms with Gasteiger partial charge in [-0.3, -0.25) is 0 Å². The lowest BCUT2D eigenvalue weighted by molar-refractivity contribution is -0.141. The SMILES string of the molecule is COc1cc(N2CCOCC2)ccc1Nc1nc(N)n(-c2nc(C(F)(F)F)cs2)n1.COc1cc(Nc2nc(N)n(-c3nccs3)n2)cc(C(F)(F)F)c1.COc1cc(Nc2nc(N)nn2-c2nccs2)cc(C(F)(F)F)c1.COc1ccccc1Nc1nc(N)n(-c2cc(N3CCN(C)CC3)ncn2)n1. The Bertz CT molecular complexity index is 4880. The van der Waals surface area contributed by atoms with Crippen LogP contribution in [0.25, 0.3) is 21.2 Å². The maximum atomic E-state index is 13.0. The minimum Gasteiger partial charge on any atom is -0.497 e. The molecule has 4 aromatic carbocycles. The zero-order valence-corrected chi connectivity index (χ0v) is 58.6. The van der Waals surface area contributed by atoms with Gasteiger partial charge in [-0.25, -0.2) is 24.9 Å². The number of methoxy groups -OCH3 is 4. The Labute approximate surface area is 606 Å². The highest BCUT2D eigenvalue weighted by atomic mass is 32.1. The number of hydrogen-bond acceptors (Lipinski definition) is 32. The number of nitrogens with zero attached hydrogens (tertiary/aromatic N) is 20. The average molecular weight is 1540 g/mol. The van der Waals surface area contributed by atoms with Crippen LogP contribution in [0.2, 0.25) is 0 Å². The maximum Gasteiger partial charge on any atom is 0.434 e. The number of nitrogens with one attached hydrogen (secondary N) is 4. The normalized spacial score (nSPS) is 13.3. The Balaban J connectivity index is 0.000000142. The van der Waals surface area contributed by atoms with Gasteiger partial charge in [0.1, 0.15) is 35.1 Å². The Morgan fingerprint density at radius 3 is 1.57 bits per heavy atom. The minimum atomic E-state index is -4.54. The summed E-state index contributed by atoms with van der Waals surface area (Å²) < 4.78 is 147. The maximum absolute atomic E-state index is 13.0. The summed E-state index contributed by atoms with van der Waals surface area (Å²) >= 11 is 3.34. The summed E-state index contributed by atoms with van der Waals surface area (Å²) in [6.45, 7) is 6.72. The molecule has 0 unspecified atom stereocenters. The van der Waals surface area contributed by atoms with Crippen molar-refractivity contribution in [1.82, 2.24) is 88.9 Å². The van der Waals surface area contributed by atoms with E-state index in [0.29, 0.717) is 52.4 Å². The number of piperazine rings is 1. The molecule has 45 heteroatoms. The topological polar surface area (TPSA) is 395 Å². The third-order valence-electron chi connectivity index (χ3n) is 15.0. The number of alkyl halides is 9. The van der Waals surface area contributed by atoms with Crippen LogP contribution in [-0.2, 0) is 23.3 Å². The molecule has 33 nitrogen and oxygen atoms in total. The molecule has 10 heterocycles. The van der Waals surface area contributed by atoms with Gasteiger partial charge in [0.15, 0.2) is 11.5 Å². The van der Waals surface area contributed by atoms with Crippen molar-refractivity contribution in [3.8, 4) is 44.2 Å². The van der Waals surface area contributed by atoms with Crippen molar-refractivity contribution in [3.05, 3.63) is 137 Å². The number of nitrogens with two attached hydrogens (primary N) is 4. The van der Waals surface area contributed by atoms with Crippen molar-refractivity contribution >= 4 is 116 Å². The van der Waals surface area contributed by atoms with Crippen LogP contribution in [-0.4, -0.2) is 177 Å². The van der Waals surface area contributed by atoms with Crippen LogP contribution < -0.4 is 72.9 Å². The number of halogens is 9. The number of anilines is 14. The van der Waals surface area contributed by atoms with E-state index in [4.69, 9.17) is 46.6 Å². The molecule has 2 aliphatic rings. The van der Waals surface area contributed by atoms with E-state index in [9.17, 15) is 39.5 Å². The van der Waals surface area contributed by atoms with Crippen molar-refractivity contribution in [3.63, 3.8) is 0 Å². The second-order valence-electron chi connectivity index (χ2n) is 22.1. The number of nitrogen functional groups attached to an aromatic ring is 4. The molecule has 0 aliphatic carbocycles. The summed E-state index contributed by atoms with van der Waals surface area (Å²) in [4.78, 5) is 43.4. The summed E-state index contributed by atoms with van der Waals surface area (Å²) in [6.07, 6.45) is -8.89. The molecule has 0 spiro atoms. The van der Waals surface area contributed by atoms with E-state index in [-0.39, 0.29) is 69.6 Å². The number of morpholine rings is 1. The number of hydrogen-bond donors (Lipinski definition) is 8. The lowest BCUT2D eigenvalue weighted by Gasteiger charge is -2.33. The molecule has 2 saturated heterocycles. The van der Waals surface area contributed by atoms with Crippen LogP contribution in [0.15, 0.2) is 120 Å². The van der Waals surface area contributed by atoms with Crippen LogP contribution >= 0.6 is 34.0 Å². The van der Waals surface area contributed by atoms with Gasteiger partial charge in [0.05, 0.1) is 64.2 Å². The molecular formula is C61H63F9N28O5S3. The Hall–Kier alpha value is -12.1. The van der Waals surface area contributed by atoms with Gasteiger partial charge in [0.2, 0.25) is 63.0 Å². The molecule has 558 valence electrons. The first-order chi connectivity index (χ1) is 50.7. The molecule has 8 aromatic heterocycles. The Morgan fingerprint density at radius 1 is 0.472 bits per heavy atom. The van der Waals surface area contributed by atoms with Gasteiger partial charge in [0.25, 0.3) is 0 Å². The third-order valence-corrected chi connectivity index (χ3v) is 17.3. The Kier molecular flexibility index (Phi) is 23.2. The van der Waals surface area contributed by atoms with Gasteiger partial charge in [-0.15, -0.1) is 54.4 Å². The molecule has 0 atom stereocenters. The van der Waals surface area contributed by atoms with Crippen molar-refractivity contribution in [2.45, 2.75) is 18.5 Å². The summed E-state index contributed by atoms with van der Waals surface area (Å²) in [5, 5.41) is 33.5. The fourth-order valence-corrected chi connectivity index (χ4v) is 11.9. The molecular weight excluding hydrogens is 1470 g/mol. The average Bonchev–Trinajstić information content (AvgIpc) is 1.63. The van der Waals surface area contributed by atoms with Crippen LogP contribution in [0, 0.1) is 0 Å². The van der Waals surface area contributed by atoms with Crippen LogP contribution in [0.4, 0.5) is 121 Å². The molecule has 0 amide bonds. The van der Waals surface area contributed by atoms with Crippen LogP contribution in [0.3, 0.4) is 0 Å². The first kappa shape index (κ1) is 75.1. The molecule has 2 fully saturated rings. The zero-order valence-electron chi connectivity index (χ0n) is 56.1. The predicted molar refractivity (Wildman–Crippen MR) is 379 cm³/mol. The smallest absolute Gasteiger partial charge is 0.434 e. The van der Waals surface area contributed by atoms with Gasteiger partial charge in [-0.05, 0) is 55.6 Å². The van der Waals surface area contributed by atoms with E-state index < -0.39 is 35.3 Å². The standard InChI is InChI=1S/C18H23N9O.C17H18F3N7O2S.2C13H11F3N6OS/c1-25-7-9-26(10-8-25)15-11-16(21-12-20-15)27-17(19)23-18(24-27)22-13-5-3-4-6-14(13)28-2;1-28-12-8-10(26-4-6-29-7-5-26)2-3-11(12)22-15-24-14(21)27(25-15)16-23-13(9-30-16)17(18,19)20;1-23-9-5-7(13(14,15)16)4-8(6-9)19-11-20-10(17)22(21-11)12-18-2-3-24-12;1-23-9-5-7(13(14,15)16)4-8(6-9)19-11-20-10(17)21-22(11)12-18-2-3-24-12/h3-6,11-12H,7-10H2,1-2H3,(H3,19,22,23,24);2-3,8-9H,4-7H2,1H3,(H3,21,22,24,25);2*2-6H,1H3,(H3,17,19,20,21). The first-order valence-electron chi connectivity index (χ1n) is 31.0. The number of thiazole rings is 3. The summed E-state index contributed by atoms with van der Waals surface area (Å²) in [7, 11) is 7.84. The first-order valence-corrected chi connectivity index (χ1v) is 33.6. The predicted octanol–water partition coefficient (Wildman–Crippen LogP) is 10.2. The minimum absolute atomic E-state index is 0.0324. The van der Waals surface area contributed by atoms with E-state index in [1.807, 2.05) is 48.5 Å². The zero-order chi connectivity index (χ0) is 75.5. The summed E-state index contributed by atoms with van der Waals surface area (Å²) in [5.41, 5.74) is 23.1. The quantitative estimate of drug-likeness (QED) is 0.0370. The fraction of sp³-hybridized carbons (Fsp3) is 0.262. The number of ether oxygens (including phenoxy) is 5. The van der Waals surface area contributed by atoms with Crippen molar-refractivity contribution in [1.29, 1.82) is 0 Å². The van der Waals surface area contributed by atoms with Gasteiger partial charge in [-0.2, -0.15) is 78.2 Å². The largest absolute Gasteiger partial charge is 0.497 e. The van der Waals surface area contributed by atoms with Crippen molar-refractivity contribution in [2.24, 2.45) is 0 Å². The highest BCUT2D eigenvalue weighted by molar-refractivity contribution is 7.12. The van der Waals surface area contributed by atoms with Crippen LogP contribution in [0.1, 0.15) is 16.8 Å². The van der Waals surface area contributed by atoms with E-state index in [1.165, 1.54) is 76.5 Å². The van der Waals surface area contributed by atoms with Gasteiger partial charge in [-0.1, -0.05) is 12.1 Å². The van der Waals surface area contributed by atoms with Crippen molar-refractivity contribution < 1.29 is 63.2 Å². The second-order valence-corrected chi connectivity index (χ2v) is 24.7. The molecule has 0 saturated carbocycles. The highest BCUT2D eigenvalue weighted by Gasteiger charge is 2.36. The molecule has 106 heavy (non-hydrogen) atoms. The van der Waals surface area contributed by atoms with E-state index in [2.05, 4.69) is 108 Å². The molecule has 0 bridgehead atoms. The number of rotatable bonds is 18. The highest BCUT2D eigenvalue weighted by Crippen LogP contribution is 2.39. The monoisotopic (exact) mass is 1530 g/mol.